The van der Waals surface area contributed by atoms with Crippen LogP contribution in [0.5, 0.6) is 0 Å². The van der Waals surface area contributed by atoms with E-state index in [0.29, 0.717) is 6.54 Å². The average molecular weight is 338 g/mol. The van der Waals surface area contributed by atoms with E-state index in [-0.39, 0.29) is 11.9 Å². The quantitative estimate of drug-likeness (QED) is 0.846. The van der Waals surface area contributed by atoms with Crippen molar-refractivity contribution in [3.8, 4) is 0 Å². The molecule has 2 atom stereocenters. The first-order valence-electron chi connectivity index (χ1n) is 7.95. The van der Waals surface area contributed by atoms with Crippen molar-refractivity contribution in [2.24, 2.45) is 0 Å². The Bertz CT molecular complexity index is 698. The number of aryl methyl sites for hydroxylation is 2. The molecule has 0 spiro atoms. The van der Waals surface area contributed by atoms with Crippen LogP contribution in [0.3, 0.4) is 0 Å². The molecule has 1 saturated heterocycles. The van der Waals surface area contributed by atoms with Crippen molar-refractivity contribution in [1.29, 1.82) is 0 Å². The van der Waals surface area contributed by atoms with E-state index >= 15 is 0 Å². The van der Waals surface area contributed by atoms with E-state index in [1.54, 1.807) is 14.1 Å². The molecule has 0 aromatic heterocycles. The molecule has 1 amide bonds. The SMILES string of the molecule is Cc1ccc(C)c([C@@H]2CCCN2S(=O)(=O)[C@@H](C)C(=O)N(C)C)c1. The molecule has 0 N–H and O–H groups in total. The summed E-state index contributed by atoms with van der Waals surface area (Å²) >= 11 is 0. The molecule has 1 heterocycles. The topological polar surface area (TPSA) is 57.7 Å². The second-order valence-electron chi connectivity index (χ2n) is 6.55. The van der Waals surface area contributed by atoms with Gasteiger partial charge in [-0.05, 0) is 44.7 Å². The summed E-state index contributed by atoms with van der Waals surface area (Å²) in [6, 6.07) is 5.96. The summed E-state index contributed by atoms with van der Waals surface area (Å²) in [6.07, 6.45) is 1.62. The van der Waals surface area contributed by atoms with Crippen LogP contribution in [0, 0.1) is 13.8 Å². The first-order valence-corrected chi connectivity index (χ1v) is 9.45. The molecule has 1 aromatic carbocycles. The van der Waals surface area contributed by atoms with Crippen molar-refractivity contribution < 1.29 is 13.2 Å². The van der Waals surface area contributed by atoms with Gasteiger partial charge < -0.3 is 4.90 Å². The molecule has 0 saturated carbocycles. The Kier molecular flexibility index (Phi) is 5.16. The van der Waals surface area contributed by atoms with Gasteiger partial charge in [0.05, 0.1) is 6.04 Å². The van der Waals surface area contributed by atoms with Gasteiger partial charge in [-0.3, -0.25) is 4.79 Å². The molecular formula is C17H26N2O3S. The average Bonchev–Trinajstić information content (AvgIpc) is 2.98. The van der Waals surface area contributed by atoms with Gasteiger partial charge in [-0.25, -0.2) is 8.42 Å². The fourth-order valence-corrected chi connectivity index (χ4v) is 5.00. The predicted molar refractivity (Wildman–Crippen MR) is 91.7 cm³/mol. The van der Waals surface area contributed by atoms with E-state index in [0.717, 1.165) is 29.5 Å². The minimum absolute atomic E-state index is 0.169. The summed E-state index contributed by atoms with van der Waals surface area (Å²) in [6.45, 7) is 5.97. The molecule has 0 radical (unpaired) electrons. The highest BCUT2D eigenvalue weighted by Gasteiger charge is 2.41. The highest BCUT2D eigenvalue weighted by Crippen LogP contribution is 2.37. The van der Waals surface area contributed by atoms with Crippen LogP contribution in [-0.2, 0) is 14.8 Å². The summed E-state index contributed by atoms with van der Waals surface area (Å²) in [5.41, 5.74) is 3.26. The van der Waals surface area contributed by atoms with Crippen molar-refractivity contribution in [3.63, 3.8) is 0 Å². The molecular weight excluding hydrogens is 312 g/mol. The number of carbonyl (C=O) groups is 1. The van der Waals surface area contributed by atoms with Crippen molar-refractivity contribution in [2.45, 2.75) is 44.9 Å². The Morgan fingerprint density at radius 2 is 1.96 bits per heavy atom. The van der Waals surface area contributed by atoms with Gasteiger partial charge >= 0.3 is 0 Å². The van der Waals surface area contributed by atoms with Gasteiger partial charge in [0.1, 0.15) is 0 Å². The number of sulfonamides is 1. The molecule has 0 aliphatic carbocycles. The maximum absolute atomic E-state index is 12.9. The summed E-state index contributed by atoms with van der Waals surface area (Å²) in [4.78, 5) is 13.5. The van der Waals surface area contributed by atoms with Crippen LogP contribution in [0.1, 0.15) is 42.5 Å². The van der Waals surface area contributed by atoms with Gasteiger partial charge in [0, 0.05) is 20.6 Å². The zero-order valence-corrected chi connectivity index (χ0v) is 15.4. The van der Waals surface area contributed by atoms with Crippen molar-refractivity contribution in [3.05, 3.63) is 34.9 Å². The lowest BCUT2D eigenvalue weighted by molar-refractivity contribution is -0.128. The molecule has 1 aliphatic rings. The third kappa shape index (κ3) is 3.43. The monoisotopic (exact) mass is 338 g/mol. The minimum atomic E-state index is -3.67. The largest absolute Gasteiger partial charge is 0.348 e. The highest BCUT2D eigenvalue weighted by molar-refractivity contribution is 7.90. The minimum Gasteiger partial charge on any atom is -0.348 e. The lowest BCUT2D eigenvalue weighted by atomic mass is 9.98. The van der Waals surface area contributed by atoms with Gasteiger partial charge in [0.15, 0.2) is 5.25 Å². The lowest BCUT2D eigenvalue weighted by Crippen LogP contribution is -2.45. The third-order valence-electron chi connectivity index (χ3n) is 4.56. The van der Waals surface area contributed by atoms with E-state index in [1.807, 2.05) is 26.0 Å². The number of benzene rings is 1. The zero-order chi connectivity index (χ0) is 17.4. The van der Waals surface area contributed by atoms with Gasteiger partial charge in [0.25, 0.3) is 0 Å². The Balaban J connectivity index is 2.38. The van der Waals surface area contributed by atoms with Crippen LogP contribution in [-0.4, -0.2) is 49.4 Å². The maximum Gasteiger partial charge on any atom is 0.241 e. The Morgan fingerprint density at radius 3 is 2.57 bits per heavy atom. The summed E-state index contributed by atoms with van der Waals surface area (Å²) < 4.78 is 27.4. The van der Waals surface area contributed by atoms with Gasteiger partial charge in [-0.1, -0.05) is 23.8 Å². The molecule has 1 aromatic rings. The van der Waals surface area contributed by atoms with E-state index in [4.69, 9.17) is 0 Å². The zero-order valence-electron chi connectivity index (χ0n) is 14.5. The Hall–Kier alpha value is -1.40. The fraction of sp³-hybridized carbons (Fsp3) is 0.588. The second-order valence-corrected chi connectivity index (χ2v) is 8.75. The first-order chi connectivity index (χ1) is 10.7. The summed E-state index contributed by atoms with van der Waals surface area (Å²) in [5.74, 6) is -0.378. The number of nitrogens with zero attached hydrogens (tertiary/aromatic N) is 2. The predicted octanol–water partition coefficient (Wildman–Crippen LogP) is 2.25. The number of amides is 1. The Morgan fingerprint density at radius 1 is 1.30 bits per heavy atom. The highest BCUT2D eigenvalue weighted by atomic mass is 32.2. The molecule has 0 unspecified atom stereocenters. The molecule has 1 aliphatic heterocycles. The van der Waals surface area contributed by atoms with Crippen LogP contribution >= 0.6 is 0 Å². The standard InChI is InChI=1S/C17H26N2O3S/c1-12-8-9-13(2)15(11-12)16-7-6-10-19(16)23(21,22)14(3)17(20)18(4)5/h8-9,11,14,16H,6-7,10H2,1-5H3/t14-,16-/m0/s1. The molecule has 0 bridgehead atoms. The van der Waals surface area contributed by atoms with Gasteiger partial charge in [0.2, 0.25) is 15.9 Å². The normalized spacial score (nSPS) is 20.5. The Labute approximate surface area is 139 Å². The molecule has 2 rings (SSSR count). The van der Waals surface area contributed by atoms with E-state index in [9.17, 15) is 13.2 Å². The number of hydrogen-bond acceptors (Lipinski definition) is 3. The van der Waals surface area contributed by atoms with E-state index in [1.165, 1.54) is 16.1 Å². The fourth-order valence-electron chi connectivity index (χ4n) is 3.17. The smallest absolute Gasteiger partial charge is 0.241 e. The van der Waals surface area contributed by atoms with Crippen molar-refractivity contribution >= 4 is 15.9 Å². The van der Waals surface area contributed by atoms with Crippen LogP contribution in [0.15, 0.2) is 18.2 Å². The second kappa shape index (κ2) is 6.61. The number of rotatable bonds is 4. The number of carbonyl (C=O) groups excluding carboxylic acids is 1. The van der Waals surface area contributed by atoms with Crippen LogP contribution in [0.2, 0.25) is 0 Å². The first kappa shape index (κ1) is 17.9. The van der Waals surface area contributed by atoms with Crippen LogP contribution in [0.4, 0.5) is 0 Å². The third-order valence-corrected chi connectivity index (χ3v) is 6.75. The van der Waals surface area contributed by atoms with Crippen LogP contribution in [0.25, 0.3) is 0 Å². The summed E-state index contributed by atoms with van der Waals surface area (Å²) in [5, 5.41) is -1.05. The van der Waals surface area contributed by atoms with E-state index < -0.39 is 15.3 Å². The molecule has 6 heteroatoms. The number of hydrogen-bond donors (Lipinski definition) is 0. The lowest BCUT2D eigenvalue weighted by Gasteiger charge is -2.29. The van der Waals surface area contributed by atoms with Gasteiger partial charge in [-0.2, -0.15) is 4.31 Å². The molecule has 1 fully saturated rings. The van der Waals surface area contributed by atoms with Crippen LogP contribution < -0.4 is 0 Å². The van der Waals surface area contributed by atoms with Crippen molar-refractivity contribution in [1.82, 2.24) is 9.21 Å². The van der Waals surface area contributed by atoms with E-state index in [2.05, 4.69) is 6.07 Å². The van der Waals surface area contributed by atoms with Crippen molar-refractivity contribution in [2.75, 3.05) is 20.6 Å². The molecule has 23 heavy (non-hydrogen) atoms. The molecule has 128 valence electrons. The molecule has 5 nitrogen and oxygen atoms in total. The maximum atomic E-state index is 12.9. The van der Waals surface area contributed by atoms with Gasteiger partial charge in [-0.15, -0.1) is 0 Å². The summed E-state index contributed by atoms with van der Waals surface area (Å²) in [7, 11) is -0.500.